The monoisotopic (exact) mass is 313 g/mol. The minimum Gasteiger partial charge on any atom is -0.331 e. The summed E-state index contributed by atoms with van der Waals surface area (Å²) in [5.41, 5.74) is 0.629. The van der Waals surface area contributed by atoms with E-state index in [0.717, 1.165) is 0 Å². The highest BCUT2D eigenvalue weighted by atomic mass is 35.5. The minimum atomic E-state index is -0.425. The highest BCUT2D eigenvalue weighted by Crippen LogP contribution is 2.24. The molecule has 1 saturated heterocycles. The molecule has 0 radical (unpaired) electrons. The normalized spacial score (nSPS) is 16.3. The second-order valence-corrected chi connectivity index (χ2v) is 5.33. The predicted molar refractivity (Wildman–Crippen MR) is 77.3 cm³/mol. The van der Waals surface area contributed by atoms with Crippen LogP contribution in [-0.4, -0.2) is 41.5 Å². The van der Waals surface area contributed by atoms with Gasteiger partial charge in [0.1, 0.15) is 12.4 Å². The molecule has 1 aliphatic heterocycles. The number of likely N-dealkylation sites (N-methyl/N-ethyl adjacent to an activating group) is 1. The molecule has 0 saturated carbocycles. The Morgan fingerprint density at radius 2 is 2.24 bits per heavy atom. The van der Waals surface area contributed by atoms with E-state index in [4.69, 9.17) is 11.6 Å². The quantitative estimate of drug-likeness (QED) is 0.931. The van der Waals surface area contributed by atoms with E-state index in [1.165, 1.54) is 23.1 Å². The molecule has 0 aliphatic carbocycles. The number of carbonyl (C=O) groups excluding carboxylic acids is 2. The lowest BCUT2D eigenvalue weighted by Gasteiger charge is -2.21. The van der Waals surface area contributed by atoms with Crippen molar-refractivity contribution in [2.24, 2.45) is 0 Å². The van der Waals surface area contributed by atoms with Gasteiger partial charge in [-0.1, -0.05) is 17.7 Å². The molecule has 0 unspecified atom stereocenters. The van der Waals surface area contributed by atoms with E-state index in [-0.39, 0.29) is 36.2 Å². The molecular weight excluding hydrogens is 297 g/mol. The first-order valence-electron chi connectivity index (χ1n) is 6.70. The number of hydrogen-bond acceptors (Lipinski definition) is 2. The summed E-state index contributed by atoms with van der Waals surface area (Å²) in [7, 11) is 0. The van der Waals surface area contributed by atoms with E-state index in [0.29, 0.717) is 12.1 Å². The van der Waals surface area contributed by atoms with Crippen LogP contribution < -0.4 is 5.32 Å². The van der Waals surface area contributed by atoms with Crippen molar-refractivity contribution in [2.45, 2.75) is 19.9 Å². The highest BCUT2D eigenvalue weighted by Gasteiger charge is 2.30. The fourth-order valence-corrected chi connectivity index (χ4v) is 2.55. The Hall–Kier alpha value is -1.82. The topological polar surface area (TPSA) is 52.6 Å². The van der Waals surface area contributed by atoms with Gasteiger partial charge >= 0.3 is 6.03 Å². The SMILES string of the molecule is CCN1CN(C(=O)N[C@@H](C)c2ccc(F)cc2Cl)CC1=O. The van der Waals surface area contributed by atoms with Crippen molar-refractivity contribution >= 4 is 23.5 Å². The number of hydrogen-bond donors (Lipinski definition) is 1. The average Bonchev–Trinajstić information content (AvgIpc) is 2.79. The summed E-state index contributed by atoms with van der Waals surface area (Å²) in [4.78, 5) is 26.8. The number of nitrogens with one attached hydrogen (secondary N) is 1. The van der Waals surface area contributed by atoms with Crippen LogP contribution >= 0.6 is 11.6 Å². The molecule has 0 aromatic heterocycles. The van der Waals surface area contributed by atoms with Crippen molar-refractivity contribution < 1.29 is 14.0 Å². The zero-order chi connectivity index (χ0) is 15.6. The van der Waals surface area contributed by atoms with E-state index >= 15 is 0 Å². The smallest absolute Gasteiger partial charge is 0.319 e. The molecular formula is C14H17ClFN3O2. The van der Waals surface area contributed by atoms with Gasteiger partial charge in [-0.05, 0) is 31.5 Å². The summed E-state index contributed by atoms with van der Waals surface area (Å²) in [5.74, 6) is -0.494. The molecule has 1 aromatic carbocycles. The molecule has 1 fully saturated rings. The van der Waals surface area contributed by atoms with Crippen LogP contribution in [0, 0.1) is 5.82 Å². The van der Waals surface area contributed by atoms with E-state index in [2.05, 4.69) is 5.32 Å². The lowest BCUT2D eigenvalue weighted by atomic mass is 10.1. The lowest BCUT2D eigenvalue weighted by molar-refractivity contribution is -0.126. The average molecular weight is 314 g/mol. The summed E-state index contributed by atoms with van der Waals surface area (Å²) >= 11 is 5.97. The largest absolute Gasteiger partial charge is 0.331 e. The van der Waals surface area contributed by atoms with Crippen molar-refractivity contribution in [1.29, 1.82) is 0 Å². The second kappa shape index (κ2) is 6.30. The Labute approximate surface area is 127 Å². The van der Waals surface area contributed by atoms with E-state index in [1.807, 2.05) is 6.92 Å². The maximum Gasteiger partial charge on any atom is 0.319 e. The van der Waals surface area contributed by atoms with E-state index in [1.54, 1.807) is 11.8 Å². The van der Waals surface area contributed by atoms with Crippen molar-refractivity contribution in [3.63, 3.8) is 0 Å². The van der Waals surface area contributed by atoms with E-state index in [9.17, 15) is 14.0 Å². The van der Waals surface area contributed by atoms with Crippen LogP contribution in [0.2, 0.25) is 5.02 Å². The first kappa shape index (κ1) is 15.6. The Balaban J connectivity index is 2.01. The zero-order valence-electron chi connectivity index (χ0n) is 11.9. The molecule has 1 N–H and O–H groups in total. The number of halogens is 2. The fourth-order valence-electron chi connectivity index (χ4n) is 2.22. The molecule has 7 heteroatoms. The number of urea groups is 1. The van der Waals surface area contributed by atoms with E-state index < -0.39 is 5.82 Å². The Kier molecular flexibility index (Phi) is 4.67. The van der Waals surface area contributed by atoms with Crippen LogP contribution in [-0.2, 0) is 4.79 Å². The third kappa shape index (κ3) is 3.44. The molecule has 21 heavy (non-hydrogen) atoms. The summed E-state index contributed by atoms with van der Waals surface area (Å²) in [6, 6.07) is 3.32. The standard InChI is InChI=1S/C14H17ClFN3O2/c1-3-18-8-19(7-13(18)20)14(21)17-9(2)11-5-4-10(16)6-12(11)15/h4-6,9H,3,7-8H2,1-2H3,(H,17,21)/t9-/m0/s1. The molecule has 0 spiro atoms. The van der Waals surface area contributed by atoms with Crippen molar-refractivity contribution in [2.75, 3.05) is 19.8 Å². The maximum absolute atomic E-state index is 13.0. The van der Waals surface area contributed by atoms with Gasteiger partial charge in [-0.15, -0.1) is 0 Å². The number of benzene rings is 1. The highest BCUT2D eigenvalue weighted by molar-refractivity contribution is 6.31. The molecule has 1 aromatic rings. The molecule has 5 nitrogen and oxygen atoms in total. The molecule has 1 atom stereocenters. The van der Waals surface area contributed by atoms with Crippen molar-refractivity contribution in [1.82, 2.24) is 15.1 Å². The van der Waals surface area contributed by atoms with Crippen molar-refractivity contribution in [3.8, 4) is 0 Å². The van der Waals surface area contributed by atoms with Crippen LogP contribution in [0.25, 0.3) is 0 Å². The first-order valence-corrected chi connectivity index (χ1v) is 7.08. The molecule has 3 amide bonds. The van der Waals surface area contributed by atoms with Gasteiger partial charge in [0.05, 0.1) is 12.7 Å². The second-order valence-electron chi connectivity index (χ2n) is 4.93. The first-order chi connectivity index (χ1) is 9.92. The summed E-state index contributed by atoms with van der Waals surface area (Å²) in [6.07, 6.45) is 0. The maximum atomic E-state index is 13.0. The zero-order valence-corrected chi connectivity index (χ0v) is 12.7. The Bertz CT molecular complexity index is 567. The summed E-state index contributed by atoms with van der Waals surface area (Å²) in [5, 5.41) is 3.02. The van der Waals surface area contributed by atoms with Gasteiger partial charge in [-0.2, -0.15) is 0 Å². The number of carbonyl (C=O) groups is 2. The van der Waals surface area contributed by atoms with Gasteiger partial charge in [0.25, 0.3) is 0 Å². The molecule has 2 rings (SSSR count). The van der Waals surface area contributed by atoms with Gasteiger partial charge in [-0.25, -0.2) is 9.18 Å². The molecule has 0 bridgehead atoms. The Morgan fingerprint density at radius 1 is 1.52 bits per heavy atom. The van der Waals surface area contributed by atoms with Crippen molar-refractivity contribution in [3.05, 3.63) is 34.6 Å². The van der Waals surface area contributed by atoms with Gasteiger partial charge in [-0.3, -0.25) is 9.69 Å². The van der Waals surface area contributed by atoms with Gasteiger partial charge in [0.15, 0.2) is 0 Å². The number of rotatable bonds is 3. The van der Waals surface area contributed by atoms with Crippen LogP contribution in [0.4, 0.5) is 9.18 Å². The molecule has 1 heterocycles. The van der Waals surface area contributed by atoms with Gasteiger partial charge in [0, 0.05) is 11.6 Å². The Morgan fingerprint density at radius 3 is 2.81 bits per heavy atom. The molecule has 1 aliphatic rings. The van der Waals surface area contributed by atoms with Crippen LogP contribution in [0.15, 0.2) is 18.2 Å². The lowest BCUT2D eigenvalue weighted by Crippen LogP contribution is -2.40. The summed E-state index contributed by atoms with van der Waals surface area (Å²) < 4.78 is 13.0. The fraction of sp³-hybridized carbons (Fsp3) is 0.429. The number of amides is 3. The van der Waals surface area contributed by atoms with Crippen LogP contribution in [0.1, 0.15) is 25.5 Å². The number of nitrogens with zero attached hydrogens (tertiary/aromatic N) is 2. The molecule has 114 valence electrons. The minimum absolute atomic E-state index is 0.0693. The summed E-state index contributed by atoms with van der Waals surface area (Å²) in [6.45, 7) is 4.54. The third-order valence-corrected chi connectivity index (χ3v) is 3.79. The van der Waals surface area contributed by atoms with Gasteiger partial charge < -0.3 is 10.2 Å². The predicted octanol–water partition coefficient (Wildman–Crippen LogP) is 2.37. The van der Waals surface area contributed by atoms with Crippen LogP contribution in [0.5, 0.6) is 0 Å². The van der Waals surface area contributed by atoms with Gasteiger partial charge in [0.2, 0.25) is 5.91 Å². The third-order valence-electron chi connectivity index (χ3n) is 3.46. The van der Waals surface area contributed by atoms with Crippen LogP contribution in [0.3, 0.4) is 0 Å².